The third-order valence-electron chi connectivity index (χ3n) is 3.39. The van der Waals surface area contributed by atoms with Crippen LogP contribution < -0.4 is 5.19 Å². The number of aryl methyl sites for hydroxylation is 1. The maximum Gasteiger partial charge on any atom is 0.0799 e. The van der Waals surface area contributed by atoms with E-state index in [2.05, 4.69) is 24.6 Å². The Morgan fingerprint density at radius 1 is 1.14 bits per heavy atom. The molecular formula is C20H29NSi. The summed E-state index contributed by atoms with van der Waals surface area (Å²) in [6, 6.07) is 11.1. The molecule has 0 atom stereocenters. The van der Waals surface area contributed by atoms with Crippen LogP contribution >= 0.6 is 0 Å². The second-order valence-electron chi connectivity index (χ2n) is 7.77. The number of rotatable bonds is 3. The van der Waals surface area contributed by atoms with Crippen LogP contribution in [0.5, 0.6) is 0 Å². The second kappa shape index (κ2) is 6.00. The summed E-state index contributed by atoms with van der Waals surface area (Å²) in [7, 11) is -2.07. The molecule has 0 N–H and O–H groups in total. The highest BCUT2D eigenvalue weighted by atomic mass is 28.3. The molecule has 2 aromatic rings. The average molecular weight is 317 g/mol. The van der Waals surface area contributed by atoms with Gasteiger partial charge >= 0.3 is 0 Å². The highest BCUT2D eigenvalue weighted by molar-refractivity contribution is 6.89. The highest BCUT2D eigenvalue weighted by Crippen LogP contribution is 2.28. The fourth-order valence-electron chi connectivity index (χ4n) is 2.40. The Kier molecular flexibility index (Phi) is 3.05. The van der Waals surface area contributed by atoms with Gasteiger partial charge in [0.05, 0.1) is 13.8 Å². The monoisotopic (exact) mass is 316 g/mol. The summed E-state index contributed by atoms with van der Waals surface area (Å²) in [6.07, 6.45) is -1.67. The molecule has 0 bridgehead atoms. The topological polar surface area (TPSA) is 12.9 Å². The van der Waals surface area contributed by atoms with Crippen LogP contribution in [0.3, 0.4) is 0 Å². The van der Waals surface area contributed by atoms with Crippen molar-refractivity contribution in [1.82, 2.24) is 4.98 Å². The van der Waals surface area contributed by atoms with E-state index in [9.17, 15) is 0 Å². The largest absolute Gasteiger partial charge is 0.253 e. The average Bonchev–Trinajstić information content (AvgIpc) is 2.51. The second-order valence-corrected chi connectivity index (χ2v) is 12.8. The summed E-state index contributed by atoms with van der Waals surface area (Å²) < 4.78 is 41.7. The summed E-state index contributed by atoms with van der Waals surface area (Å²) in [6.45, 7) is 9.43. The maximum absolute atomic E-state index is 8.84. The minimum absolute atomic E-state index is 0.106. The van der Waals surface area contributed by atoms with Gasteiger partial charge < -0.3 is 0 Å². The number of nitrogens with zero attached hydrogens (tertiary/aromatic N) is 1. The van der Waals surface area contributed by atoms with Gasteiger partial charge in [-0.3, -0.25) is 4.98 Å². The molecule has 1 heterocycles. The van der Waals surface area contributed by atoms with Gasteiger partial charge in [-0.15, -0.1) is 0 Å². The molecule has 1 aromatic carbocycles. The maximum atomic E-state index is 8.84. The SMILES string of the molecule is [2H]C([2H])([2H])c1nc(-c2ccccc2)c(C([2H])([2H])C(C)(C)C)cc1[Si](C)(C)C. The van der Waals surface area contributed by atoms with Crippen LogP contribution in [0.15, 0.2) is 36.4 Å². The van der Waals surface area contributed by atoms with E-state index in [0.29, 0.717) is 16.4 Å². The van der Waals surface area contributed by atoms with Gasteiger partial charge in [0.25, 0.3) is 0 Å². The van der Waals surface area contributed by atoms with Crippen LogP contribution in [0.1, 0.15) is 38.9 Å². The van der Waals surface area contributed by atoms with Crippen molar-refractivity contribution in [2.24, 2.45) is 5.41 Å². The predicted octanol–water partition coefficient (Wildman–Crippen LogP) is 5.19. The third-order valence-corrected chi connectivity index (χ3v) is 5.38. The Labute approximate surface area is 143 Å². The normalized spacial score (nSPS) is 17.1. The number of hydrogen-bond donors (Lipinski definition) is 0. The van der Waals surface area contributed by atoms with E-state index in [0.717, 1.165) is 5.56 Å². The Hall–Kier alpha value is -1.41. The van der Waals surface area contributed by atoms with Gasteiger partial charge in [-0.25, -0.2) is 0 Å². The first-order valence-electron chi connectivity index (χ1n) is 10.2. The van der Waals surface area contributed by atoms with Gasteiger partial charge in [0.2, 0.25) is 0 Å². The molecule has 0 spiro atoms. The van der Waals surface area contributed by atoms with Crippen LogP contribution in [-0.2, 0) is 6.37 Å². The van der Waals surface area contributed by atoms with Crippen molar-refractivity contribution >= 4 is 13.3 Å². The quantitative estimate of drug-likeness (QED) is 0.710. The molecule has 0 aliphatic heterocycles. The molecule has 118 valence electrons. The van der Waals surface area contributed by atoms with E-state index >= 15 is 0 Å². The Balaban J connectivity index is 2.97. The summed E-state index contributed by atoms with van der Waals surface area (Å²) in [5, 5.41) is 0.699. The fraction of sp³-hybridized carbons (Fsp3) is 0.450. The number of benzene rings is 1. The highest BCUT2D eigenvalue weighted by Gasteiger charge is 2.24. The lowest BCUT2D eigenvalue weighted by atomic mass is 9.86. The van der Waals surface area contributed by atoms with Crippen LogP contribution in [-0.4, -0.2) is 13.1 Å². The van der Waals surface area contributed by atoms with Gasteiger partial charge in [-0.2, -0.15) is 0 Å². The van der Waals surface area contributed by atoms with E-state index in [1.54, 1.807) is 6.07 Å². The molecular weight excluding hydrogens is 282 g/mol. The molecule has 1 aromatic heterocycles. The number of hydrogen-bond acceptors (Lipinski definition) is 1. The number of pyridine rings is 1. The van der Waals surface area contributed by atoms with Crippen molar-refractivity contribution in [2.45, 2.75) is 53.6 Å². The van der Waals surface area contributed by atoms with Crippen molar-refractivity contribution < 1.29 is 6.85 Å². The molecule has 2 rings (SSSR count). The Bertz CT molecular complexity index is 815. The minimum atomic E-state index is -2.34. The molecule has 0 saturated carbocycles. The van der Waals surface area contributed by atoms with Gasteiger partial charge in [0.15, 0.2) is 0 Å². The lowest BCUT2D eigenvalue weighted by molar-refractivity contribution is 0.411. The lowest BCUT2D eigenvalue weighted by Gasteiger charge is -2.25. The summed E-state index contributed by atoms with van der Waals surface area (Å²) in [5.41, 5.74) is 1.05. The van der Waals surface area contributed by atoms with Crippen molar-refractivity contribution in [3.63, 3.8) is 0 Å². The molecule has 0 aliphatic rings. The molecule has 0 unspecified atom stereocenters. The zero-order valence-corrected chi connectivity index (χ0v) is 15.4. The van der Waals surface area contributed by atoms with Gasteiger partial charge in [-0.05, 0) is 29.4 Å². The van der Waals surface area contributed by atoms with Crippen LogP contribution in [0.25, 0.3) is 11.3 Å². The molecule has 0 amide bonds. The third kappa shape index (κ3) is 4.07. The van der Waals surface area contributed by atoms with E-state index in [1.807, 2.05) is 51.1 Å². The standard InChI is InChI=1S/C20H29NSi/c1-15-18(22(5,6)7)13-17(14-20(2,3)4)19(21-15)16-11-9-8-10-12-16/h8-13H,14H2,1-7H3/i1D3,14D2. The molecule has 2 heteroatoms. The zero-order chi connectivity index (χ0) is 20.8. The molecule has 22 heavy (non-hydrogen) atoms. The molecule has 1 nitrogen and oxygen atoms in total. The summed E-state index contributed by atoms with van der Waals surface area (Å²) in [4.78, 5) is 4.59. The van der Waals surface area contributed by atoms with E-state index in [4.69, 9.17) is 6.85 Å². The van der Waals surface area contributed by atoms with Crippen molar-refractivity contribution in [3.05, 3.63) is 47.7 Å². The number of aromatic nitrogens is 1. The minimum Gasteiger partial charge on any atom is -0.253 e. The van der Waals surface area contributed by atoms with E-state index in [-0.39, 0.29) is 5.69 Å². The first kappa shape index (κ1) is 11.2. The Morgan fingerprint density at radius 3 is 2.27 bits per heavy atom. The van der Waals surface area contributed by atoms with E-state index in [1.165, 1.54) is 0 Å². The molecule has 0 aliphatic carbocycles. The molecule has 0 fully saturated rings. The Morgan fingerprint density at radius 2 is 1.77 bits per heavy atom. The zero-order valence-electron chi connectivity index (χ0n) is 19.4. The fourth-order valence-corrected chi connectivity index (χ4v) is 3.74. The molecule has 0 saturated heterocycles. The van der Waals surface area contributed by atoms with Crippen molar-refractivity contribution in [3.8, 4) is 11.3 Å². The van der Waals surface area contributed by atoms with E-state index < -0.39 is 26.7 Å². The summed E-state index contributed by atoms with van der Waals surface area (Å²) in [5.74, 6) is 0. The van der Waals surface area contributed by atoms with Gasteiger partial charge in [-0.1, -0.05) is 76.8 Å². The summed E-state index contributed by atoms with van der Waals surface area (Å²) >= 11 is 0. The van der Waals surface area contributed by atoms with Gasteiger partial charge in [0, 0.05) is 18.1 Å². The van der Waals surface area contributed by atoms with Crippen LogP contribution in [0, 0.1) is 12.3 Å². The van der Waals surface area contributed by atoms with Crippen LogP contribution in [0.4, 0.5) is 0 Å². The predicted molar refractivity (Wildman–Crippen MR) is 101 cm³/mol. The molecule has 0 radical (unpaired) electrons. The first-order valence-corrected chi connectivity index (χ1v) is 11.2. The smallest absolute Gasteiger partial charge is 0.0799 e. The lowest BCUT2D eigenvalue weighted by Crippen LogP contribution is -2.40. The van der Waals surface area contributed by atoms with Crippen LogP contribution in [0.2, 0.25) is 19.6 Å². The first-order chi connectivity index (χ1) is 12.1. The van der Waals surface area contributed by atoms with Crippen molar-refractivity contribution in [1.29, 1.82) is 0 Å². The van der Waals surface area contributed by atoms with Crippen molar-refractivity contribution in [2.75, 3.05) is 0 Å². The van der Waals surface area contributed by atoms with Gasteiger partial charge in [0.1, 0.15) is 0 Å².